The van der Waals surface area contributed by atoms with Gasteiger partial charge in [0.15, 0.2) is 0 Å². The van der Waals surface area contributed by atoms with Gasteiger partial charge >= 0.3 is 0 Å². The Bertz CT molecular complexity index is 599. The number of benzene rings is 1. The molecule has 1 aromatic heterocycles. The third-order valence-corrected chi connectivity index (χ3v) is 4.05. The Labute approximate surface area is 133 Å². The van der Waals surface area contributed by atoms with Gasteiger partial charge < -0.3 is 10.6 Å². The summed E-state index contributed by atoms with van der Waals surface area (Å²) in [7, 11) is 1.56. The van der Waals surface area contributed by atoms with Crippen molar-refractivity contribution in [3.05, 3.63) is 58.3 Å². The predicted molar refractivity (Wildman–Crippen MR) is 87.7 cm³/mol. The van der Waals surface area contributed by atoms with Crippen LogP contribution in [0.25, 0.3) is 0 Å². The molecule has 0 saturated carbocycles. The molecular formula is C16H19N3O2S. The van der Waals surface area contributed by atoms with Crippen LogP contribution in [0.5, 0.6) is 0 Å². The number of likely N-dealkylation sites (N-methyl/N-ethyl adjacent to an activating group) is 1. The molecule has 0 fully saturated rings. The predicted octanol–water partition coefficient (Wildman–Crippen LogP) is 1.29. The lowest BCUT2D eigenvalue weighted by Crippen LogP contribution is -2.40. The Morgan fingerprint density at radius 2 is 1.77 bits per heavy atom. The molecule has 0 radical (unpaired) electrons. The van der Waals surface area contributed by atoms with Crippen LogP contribution in [-0.4, -0.2) is 32.0 Å². The van der Waals surface area contributed by atoms with Crippen molar-refractivity contribution in [2.75, 3.05) is 20.1 Å². The summed E-state index contributed by atoms with van der Waals surface area (Å²) in [5, 5.41) is 10.3. The number of rotatable bonds is 7. The molecule has 1 atom stereocenters. The van der Waals surface area contributed by atoms with Crippen molar-refractivity contribution in [2.45, 2.75) is 6.04 Å². The van der Waals surface area contributed by atoms with Crippen molar-refractivity contribution < 1.29 is 9.59 Å². The van der Waals surface area contributed by atoms with Crippen molar-refractivity contribution in [2.24, 2.45) is 0 Å². The number of hydrogen-bond donors (Lipinski definition) is 3. The van der Waals surface area contributed by atoms with Gasteiger partial charge in [0.2, 0.25) is 11.8 Å². The van der Waals surface area contributed by atoms with E-state index in [-0.39, 0.29) is 30.9 Å². The fourth-order valence-corrected chi connectivity index (χ4v) is 2.81. The van der Waals surface area contributed by atoms with Crippen molar-refractivity contribution >= 4 is 23.2 Å². The summed E-state index contributed by atoms with van der Waals surface area (Å²) in [4.78, 5) is 24.3. The lowest BCUT2D eigenvalue weighted by molar-refractivity contribution is -0.121. The van der Waals surface area contributed by atoms with Crippen LogP contribution in [0.3, 0.4) is 0 Å². The normalized spacial score (nSPS) is 11.7. The van der Waals surface area contributed by atoms with Crippen LogP contribution < -0.4 is 16.0 Å². The maximum absolute atomic E-state index is 12.1. The van der Waals surface area contributed by atoms with Crippen LogP contribution in [0, 0.1) is 0 Å². The van der Waals surface area contributed by atoms with Gasteiger partial charge in [-0.2, -0.15) is 0 Å². The van der Waals surface area contributed by atoms with E-state index in [2.05, 4.69) is 16.0 Å². The van der Waals surface area contributed by atoms with E-state index in [1.807, 2.05) is 47.8 Å². The molecule has 2 amide bonds. The fraction of sp³-hybridized carbons (Fsp3) is 0.250. The standard InChI is InChI=1S/C16H19N3O2S/c1-17-14(20)10-18-11-15(21)19-16(13-8-5-9-22-13)12-6-3-2-4-7-12/h2-9,16,18H,10-11H2,1H3,(H,17,20)(H,19,21)/t16-/m1/s1. The maximum Gasteiger partial charge on any atom is 0.234 e. The van der Waals surface area contributed by atoms with E-state index in [4.69, 9.17) is 0 Å². The zero-order valence-corrected chi connectivity index (χ0v) is 13.2. The summed E-state index contributed by atoms with van der Waals surface area (Å²) in [6.45, 7) is 0.223. The largest absolute Gasteiger partial charge is 0.358 e. The average Bonchev–Trinajstić information content (AvgIpc) is 3.07. The number of hydrogen-bond acceptors (Lipinski definition) is 4. The molecule has 6 heteroatoms. The van der Waals surface area contributed by atoms with Gasteiger partial charge in [0, 0.05) is 11.9 Å². The average molecular weight is 317 g/mol. The van der Waals surface area contributed by atoms with E-state index in [1.54, 1.807) is 18.4 Å². The van der Waals surface area contributed by atoms with Crippen molar-refractivity contribution in [3.63, 3.8) is 0 Å². The summed E-state index contributed by atoms with van der Waals surface area (Å²) >= 11 is 1.60. The zero-order chi connectivity index (χ0) is 15.8. The van der Waals surface area contributed by atoms with Crippen LogP contribution >= 0.6 is 11.3 Å². The molecule has 5 nitrogen and oxygen atoms in total. The van der Waals surface area contributed by atoms with E-state index >= 15 is 0 Å². The Morgan fingerprint density at radius 3 is 2.41 bits per heavy atom. The quantitative estimate of drug-likeness (QED) is 0.721. The first-order valence-corrected chi connectivity index (χ1v) is 7.87. The van der Waals surface area contributed by atoms with Gasteiger partial charge in [0.25, 0.3) is 0 Å². The van der Waals surface area contributed by atoms with Gasteiger partial charge in [-0.1, -0.05) is 36.4 Å². The van der Waals surface area contributed by atoms with E-state index in [1.165, 1.54) is 0 Å². The molecule has 0 saturated heterocycles. The van der Waals surface area contributed by atoms with Gasteiger partial charge in [-0.05, 0) is 17.0 Å². The van der Waals surface area contributed by atoms with Crippen molar-refractivity contribution in [1.29, 1.82) is 0 Å². The van der Waals surface area contributed by atoms with Gasteiger partial charge in [-0.3, -0.25) is 14.9 Å². The summed E-state index contributed by atoms with van der Waals surface area (Å²) in [6.07, 6.45) is 0. The Kier molecular flexibility index (Phi) is 6.12. The van der Waals surface area contributed by atoms with Crippen LogP contribution in [-0.2, 0) is 9.59 Å². The monoisotopic (exact) mass is 317 g/mol. The Morgan fingerprint density at radius 1 is 1.05 bits per heavy atom. The number of carbonyl (C=O) groups is 2. The summed E-state index contributed by atoms with van der Waals surface area (Å²) < 4.78 is 0. The van der Waals surface area contributed by atoms with Crippen molar-refractivity contribution in [3.8, 4) is 0 Å². The summed E-state index contributed by atoms with van der Waals surface area (Å²) in [5.74, 6) is -0.295. The van der Waals surface area contributed by atoms with E-state index in [0.717, 1.165) is 10.4 Å². The lowest BCUT2D eigenvalue weighted by atomic mass is 10.1. The summed E-state index contributed by atoms with van der Waals surface area (Å²) in [5.41, 5.74) is 1.03. The minimum absolute atomic E-state index is 0.0993. The molecular weight excluding hydrogens is 298 g/mol. The Hall–Kier alpha value is -2.18. The second-order valence-corrected chi connectivity index (χ2v) is 5.68. The molecule has 1 heterocycles. The number of thiophene rings is 1. The molecule has 0 bridgehead atoms. The first-order chi connectivity index (χ1) is 10.7. The topological polar surface area (TPSA) is 70.2 Å². The molecule has 116 valence electrons. The van der Waals surface area contributed by atoms with E-state index in [0.29, 0.717) is 0 Å². The minimum Gasteiger partial charge on any atom is -0.358 e. The number of carbonyl (C=O) groups excluding carboxylic acids is 2. The second kappa shape index (κ2) is 8.31. The van der Waals surface area contributed by atoms with Gasteiger partial charge in [-0.15, -0.1) is 11.3 Å². The molecule has 0 spiro atoms. The highest BCUT2D eigenvalue weighted by molar-refractivity contribution is 7.10. The van der Waals surface area contributed by atoms with Crippen LogP contribution in [0.4, 0.5) is 0 Å². The SMILES string of the molecule is CNC(=O)CNCC(=O)N[C@H](c1ccccc1)c1cccs1. The third-order valence-electron chi connectivity index (χ3n) is 3.12. The van der Waals surface area contributed by atoms with Gasteiger partial charge in [-0.25, -0.2) is 0 Å². The molecule has 1 aromatic carbocycles. The molecule has 0 unspecified atom stereocenters. The molecule has 0 aliphatic carbocycles. The molecule has 2 rings (SSSR count). The first kappa shape index (κ1) is 16.2. The van der Waals surface area contributed by atoms with Crippen molar-refractivity contribution in [1.82, 2.24) is 16.0 Å². The molecule has 0 aliphatic heterocycles. The van der Waals surface area contributed by atoms with Crippen LogP contribution in [0.15, 0.2) is 47.8 Å². The first-order valence-electron chi connectivity index (χ1n) is 6.99. The maximum atomic E-state index is 12.1. The van der Waals surface area contributed by atoms with E-state index < -0.39 is 0 Å². The molecule has 3 N–H and O–H groups in total. The highest BCUT2D eigenvalue weighted by Crippen LogP contribution is 2.25. The third kappa shape index (κ3) is 4.68. The molecule has 2 aromatic rings. The van der Waals surface area contributed by atoms with Gasteiger partial charge in [0.1, 0.15) is 0 Å². The minimum atomic E-state index is -0.171. The molecule has 0 aliphatic rings. The highest BCUT2D eigenvalue weighted by Gasteiger charge is 2.17. The highest BCUT2D eigenvalue weighted by atomic mass is 32.1. The van der Waals surface area contributed by atoms with Crippen LogP contribution in [0.2, 0.25) is 0 Å². The number of nitrogens with one attached hydrogen (secondary N) is 3. The lowest BCUT2D eigenvalue weighted by Gasteiger charge is -2.18. The number of amides is 2. The Balaban J connectivity index is 1.99. The summed E-state index contributed by atoms with van der Waals surface area (Å²) in [6, 6.07) is 13.6. The van der Waals surface area contributed by atoms with E-state index in [9.17, 15) is 9.59 Å². The molecule has 22 heavy (non-hydrogen) atoms. The smallest absolute Gasteiger partial charge is 0.234 e. The second-order valence-electron chi connectivity index (χ2n) is 4.70. The van der Waals surface area contributed by atoms with Gasteiger partial charge in [0.05, 0.1) is 19.1 Å². The zero-order valence-electron chi connectivity index (χ0n) is 12.3. The van der Waals surface area contributed by atoms with Crippen LogP contribution in [0.1, 0.15) is 16.5 Å². The fourth-order valence-electron chi connectivity index (χ4n) is 2.01.